The van der Waals surface area contributed by atoms with E-state index in [-0.39, 0.29) is 0 Å². The van der Waals surface area contributed by atoms with Crippen molar-refractivity contribution in [3.63, 3.8) is 0 Å². The Morgan fingerprint density at radius 3 is 0.949 bits per heavy atom. The van der Waals surface area contributed by atoms with Crippen molar-refractivity contribution in [2.75, 3.05) is 9.80 Å². The number of anilines is 6. The lowest BCUT2D eigenvalue weighted by Crippen LogP contribution is -2.22. The van der Waals surface area contributed by atoms with Crippen LogP contribution in [0.4, 0.5) is 34.4 Å². The summed E-state index contributed by atoms with van der Waals surface area (Å²) in [5.41, 5.74) is 26.0. The van der Waals surface area contributed by atoms with Crippen molar-refractivity contribution in [2.45, 2.75) is 69.2 Å². The van der Waals surface area contributed by atoms with E-state index in [0.29, 0.717) is 23.3 Å². The Hall–Kier alpha value is -9.26. The smallest absolute Gasteiger partial charge is 0.162 e. The van der Waals surface area contributed by atoms with Crippen molar-refractivity contribution in [2.24, 2.45) is 0 Å². The molecule has 0 unspecified atom stereocenters. The molecule has 0 aliphatic heterocycles. The standard InChI is InChI=1S/C72H64N6/c1-45-36-47(3)67(48(4)37-45)78(68-49(5)38-46(2)39-50(68)6)70-53(9)51(7)52(8)69(54(70)10)77(65-43-63(57-30-20-13-21-31-57)73-71(75-65)58-32-22-14-23-33-58)66-44-64(74-72(76-66)59-34-24-15-25-35-59)62-41-60(55-26-16-11-17-27-55)40-61(42-62)56-28-18-12-19-29-56/h11-44H,1-10H3. The van der Waals surface area contributed by atoms with Crippen molar-refractivity contribution in [3.8, 4) is 67.5 Å². The fourth-order valence-corrected chi connectivity index (χ4v) is 11.5. The van der Waals surface area contributed by atoms with Gasteiger partial charge in [-0.15, -0.1) is 0 Å². The lowest BCUT2D eigenvalue weighted by atomic mass is 9.91. The fourth-order valence-electron chi connectivity index (χ4n) is 11.5. The zero-order valence-electron chi connectivity index (χ0n) is 46.3. The third-order valence-corrected chi connectivity index (χ3v) is 15.2. The van der Waals surface area contributed by atoms with Gasteiger partial charge in [-0.05, 0) is 154 Å². The molecule has 9 aromatic carbocycles. The van der Waals surface area contributed by atoms with E-state index in [1.54, 1.807) is 0 Å². The second-order valence-electron chi connectivity index (χ2n) is 20.9. The molecule has 0 spiro atoms. The van der Waals surface area contributed by atoms with Gasteiger partial charge in [0.25, 0.3) is 0 Å². The molecule has 11 rings (SSSR count). The van der Waals surface area contributed by atoms with Crippen molar-refractivity contribution in [1.29, 1.82) is 0 Å². The second-order valence-corrected chi connectivity index (χ2v) is 20.9. The van der Waals surface area contributed by atoms with Gasteiger partial charge in [-0.1, -0.05) is 187 Å². The van der Waals surface area contributed by atoms with E-state index < -0.39 is 0 Å². The predicted octanol–water partition coefficient (Wildman–Crippen LogP) is 19.3. The Morgan fingerprint density at radius 1 is 0.244 bits per heavy atom. The molecular weight excluding hydrogens is 949 g/mol. The monoisotopic (exact) mass is 1010 g/mol. The van der Waals surface area contributed by atoms with E-state index in [9.17, 15) is 0 Å². The molecule has 2 heterocycles. The molecule has 0 amide bonds. The van der Waals surface area contributed by atoms with Gasteiger partial charge < -0.3 is 4.90 Å². The third kappa shape index (κ3) is 9.89. The third-order valence-electron chi connectivity index (χ3n) is 15.2. The normalized spacial score (nSPS) is 11.2. The van der Waals surface area contributed by atoms with Crippen molar-refractivity contribution >= 4 is 34.4 Å². The molecule has 78 heavy (non-hydrogen) atoms. The minimum atomic E-state index is 0.595. The molecule has 2 aromatic heterocycles. The van der Waals surface area contributed by atoms with Crippen LogP contribution >= 0.6 is 0 Å². The van der Waals surface area contributed by atoms with Crippen LogP contribution in [0.25, 0.3) is 67.5 Å². The number of nitrogens with zero attached hydrogens (tertiary/aromatic N) is 6. The van der Waals surface area contributed by atoms with Gasteiger partial charge in [-0.25, -0.2) is 19.9 Å². The van der Waals surface area contributed by atoms with Crippen LogP contribution < -0.4 is 9.80 Å². The summed E-state index contributed by atoms with van der Waals surface area (Å²) >= 11 is 0. The van der Waals surface area contributed by atoms with Crippen LogP contribution in [-0.4, -0.2) is 19.9 Å². The highest BCUT2D eigenvalue weighted by molar-refractivity contribution is 5.94. The van der Waals surface area contributed by atoms with Crippen LogP contribution in [0.3, 0.4) is 0 Å². The predicted molar refractivity (Wildman–Crippen MR) is 327 cm³/mol. The van der Waals surface area contributed by atoms with E-state index in [0.717, 1.165) is 78.4 Å². The first-order valence-corrected chi connectivity index (χ1v) is 26.9. The van der Waals surface area contributed by atoms with Crippen molar-refractivity contribution in [1.82, 2.24) is 19.9 Å². The number of rotatable bonds is 12. The second kappa shape index (κ2) is 21.4. The van der Waals surface area contributed by atoms with Crippen LogP contribution in [0.5, 0.6) is 0 Å². The molecule has 0 N–H and O–H groups in total. The molecule has 0 saturated heterocycles. The largest absolute Gasteiger partial charge is 0.309 e. The van der Waals surface area contributed by atoms with Crippen LogP contribution in [0, 0.1) is 69.2 Å². The molecule has 0 bridgehead atoms. The number of aromatic nitrogens is 4. The first kappa shape index (κ1) is 50.9. The highest BCUT2D eigenvalue weighted by atomic mass is 15.3. The lowest BCUT2D eigenvalue weighted by Gasteiger charge is -2.37. The Bertz CT molecular complexity index is 3790. The van der Waals surface area contributed by atoms with Gasteiger partial charge in [0, 0.05) is 34.4 Å². The van der Waals surface area contributed by atoms with E-state index >= 15 is 0 Å². The summed E-state index contributed by atoms with van der Waals surface area (Å²) in [5, 5.41) is 0. The fraction of sp³-hybridized carbons (Fsp3) is 0.139. The molecule has 0 aliphatic carbocycles. The molecular formula is C72H64N6. The van der Waals surface area contributed by atoms with Crippen LogP contribution in [0.15, 0.2) is 206 Å². The highest BCUT2D eigenvalue weighted by Crippen LogP contribution is 2.51. The van der Waals surface area contributed by atoms with Gasteiger partial charge in [0.05, 0.1) is 34.1 Å². The molecule has 11 aromatic rings. The molecule has 0 atom stereocenters. The number of hydrogen-bond donors (Lipinski definition) is 0. The minimum Gasteiger partial charge on any atom is -0.309 e. The first-order valence-electron chi connectivity index (χ1n) is 26.9. The van der Waals surface area contributed by atoms with E-state index in [4.69, 9.17) is 19.9 Å². The average molecular weight is 1010 g/mol. The van der Waals surface area contributed by atoms with Gasteiger partial charge in [0.1, 0.15) is 11.6 Å². The highest BCUT2D eigenvalue weighted by Gasteiger charge is 2.32. The van der Waals surface area contributed by atoms with E-state index in [2.05, 4.69) is 255 Å². The summed E-state index contributed by atoms with van der Waals surface area (Å²) in [6.07, 6.45) is 0. The van der Waals surface area contributed by atoms with E-state index in [1.807, 2.05) is 30.3 Å². The summed E-state index contributed by atoms with van der Waals surface area (Å²) in [5.74, 6) is 2.54. The zero-order chi connectivity index (χ0) is 54.2. The van der Waals surface area contributed by atoms with Crippen molar-refractivity contribution < 1.29 is 0 Å². The van der Waals surface area contributed by atoms with Crippen molar-refractivity contribution in [3.05, 3.63) is 262 Å². The number of aryl methyl sites for hydroxylation is 6. The maximum absolute atomic E-state index is 5.69. The van der Waals surface area contributed by atoms with E-state index in [1.165, 1.54) is 55.9 Å². The summed E-state index contributed by atoms with van der Waals surface area (Å²) in [6.45, 7) is 22.5. The van der Waals surface area contributed by atoms with Gasteiger partial charge in [-0.2, -0.15) is 0 Å². The average Bonchev–Trinajstić information content (AvgIpc) is 3.49. The molecule has 0 radical (unpaired) electrons. The molecule has 6 nitrogen and oxygen atoms in total. The first-order chi connectivity index (χ1) is 37.8. The minimum absolute atomic E-state index is 0.595. The van der Waals surface area contributed by atoms with Crippen LogP contribution in [-0.2, 0) is 0 Å². The summed E-state index contributed by atoms with van der Waals surface area (Å²) in [7, 11) is 0. The Balaban J connectivity index is 1.28. The number of benzene rings is 9. The maximum Gasteiger partial charge on any atom is 0.162 e. The van der Waals surface area contributed by atoms with Gasteiger partial charge in [-0.3, -0.25) is 4.90 Å². The number of hydrogen-bond acceptors (Lipinski definition) is 6. The van der Waals surface area contributed by atoms with Crippen LogP contribution in [0.2, 0.25) is 0 Å². The molecule has 6 heteroatoms. The molecule has 0 saturated carbocycles. The lowest BCUT2D eigenvalue weighted by molar-refractivity contribution is 1.05. The summed E-state index contributed by atoms with van der Waals surface area (Å²) in [6, 6.07) is 72.6. The SMILES string of the molecule is Cc1cc(C)c(N(c2c(C)cc(C)cc2C)c2c(C)c(C)c(C)c(N(c3cc(-c4ccccc4)nc(-c4ccccc4)n3)c3cc(-c4cc(-c5ccccc5)cc(-c5ccccc5)c4)nc(-c4ccccc4)n3)c2C)c(C)c1. The molecule has 382 valence electrons. The molecule has 0 aliphatic rings. The summed E-state index contributed by atoms with van der Waals surface area (Å²) in [4.78, 5) is 27.0. The Kier molecular flexibility index (Phi) is 14.0. The van der Waals surface area contributed by atoms with Crippen LogP contribution in [0.1, 0.15) is 55.6 Å². The Morgan fingerprint density at radius 2 is 0.564 bits per heavy atom. The zero-order valence-corrected chi connectivity index (χ0v) is 46.3. The van der Waals surface area contributed by atoms with Gasteiger partial charge in [0.2, 0.25) is 0 Å². The Labute approximate surface area is 460 Å². The van der Waals surface area contributed by atoms with Gasteiger partial charge in [0.15, 0.2) is 11.6 Å². The van der Waals surface area contributed by atoms with Gasteiger partial charge >= 0.3 is 0 Å². The quantitative estimate of drug-likeness (QED) is 0.122. The summed E-state index contributed by atoms with van der Waals surface area (Å²) < 4.78 is 0. The molecule has 0 fully saturated rings. The maximum atomic E-state index is 5.69. The topological polar surface area (TPSA) is 58.0 Å².